The fourth-order valence-electron chi connectivity index (χ4n) is 4.25. The first-order valence-electron chi connectivity index (χ1n) is 13.6. The van der Waals surface area contributed by atoms with Crippen LogP contribution in [-0.2, 0) is 24.9 Å². The Morgan fingerprint density at radius 3 is 2.08 bits per heavy atom. The van der Waals surface area contributed by atoms with Crippen LogP contribution in [0.3, 0.4) is 0 Å². The normalized spacial score (nSPS) is 12.1. The second-order valence-corrected chi connectivity index (χ2v) is 11.7. The molecule has 4 aromatic rings. The van der Waals surface area contributed by atoms with E-state index in [2.05, 4.69) is 30.1 Å². The molecule has 0 saturated heterocycles. The number of fused-ring (bicyclic) bond motifs is 3. The van der Waals surface area contributed by atoms with Gasteiger partial charge in [0.05, 0.1) is 0 Å². The molecular weight excluding hydrogens is 678 g/mol. The number of aromatic nitrogens is 1. The number of carbonyl (C=O) groups is 1. The molecule has 4 rings (SSSR count). The Morgan fingerprint density at radius 1 is 0.900 bits per heavy atom. The van der Waals surface area contributed by atoms with Gasteiger partial charge in [0, 0.05) is 48.6 Å². The molecule has 0 saturated carbocycles. The summed E-state index contributed by atoms with van der Waals surface area (Å²) >= 11 is 0. The minimum absolute atomic E-state index is 0. The number of hydrogen-bond acceptors (Lipinski definition) is 3. The van der Waals surface area contributed by atoms with Gasteiger partial charge in [-0.15, -0.1) is 34.9 Å². The molecule has 215 valence electrons. The molecule has 1 aromatic heterocycles. The maximum absolute atomic E-state index is 14.4. The van der Waals surface area contributed by atoms with Crippen LogP contribution in [0.15, 0.2) is 60.5 Å². The van der Waals surface area contributed by atoms with Gasteiger partial charge in [0.1, 0.15) is 11.6 Å². The number of aliphatic hydroxyl groups excluding tert-OH is 1. The largest absolute Gasteiger partial charge is 0.512 e. The van der Waals surface area contributed by atoms with Gasteiger partial charge in [-0.1, -0.05) is 79.7 Å². The molecule has 3 nitrogen and oxygen atoms in total. The van der Waals surface area contributed by atoms with Crippen LogP contribution in [0, 0.1) is 43.5 Å². The van der Waals surface area contributed by atoms with E-state index >= 15 is 0 Å². The van der Waals surface area contributed by atoms with Gasteiger partial charge in [-0.05, 0) is 53.2 Å². The van der Waals surface area contributed by atoms with Crippen LogP contribution in [0.4, 0.5) is 4.39 Å². The van der Waals surface area contributed by atoms with Gasteiger partial charge in [-0.25, -0.2) is 4.39 Å². The number of rotatable bonds is 6. The van der Waals surface area contributed by atoms with Crippen LogP contribution in [0.25, 0.3) is 32.8 Å². The fraction of sp³-hybridized carbons (Fsp3) is 0.371. The smallest absolute Gasteiger partial charge is 0.164 e. The van der Waals surface area contributed by atoms with Crippen LogP contribution >= 0.6 is 0 Å². The van der Waals surface area contributed by atoms with Crippen molar-refractivity contribution in [2.24, 2.45) is 10.8 Å². The first kappa shape index (κ1) is 33.3. The average molecular weight is 719 g/mol. The van der Waals surface area contributed by atoms with E-state index < -0.39 is 0 Å². The zero-order valence-electron chi connectivity index (χ0n) is 25.1. The van der Waals surface area contributed by atoms with E-state index in [1.165, 1.54) is 11.6 Å². The number of ketones is 1. The minimum atomic E-state index is -0.377. The van der Waals surface area contributed by atoms with Gasteiger partial charge in [0.25, 0.3) is 0 Å². The van der Waals surface area contributed by atoms with Gasteiger partial charge in [-0.2, -0.15) is 0 Å². The number of nitrogens with zero attached hydrogens (tertiary/aromatic N) is 1. The third-order valence-electron chi connectivity index (χ3n) is 7.87. The summed E-state index contributed by atoms with van der Waals surface area (Å²) in [6.07, 6.45) is 4.78. The SMILES string of the molecule is CCC(C)(C)C(=O)/C=C(\O)C(C)(C)CC.Cc1[c-]c(-c2nccc3c2ccc2c(F)c(C)ccc23)cc(C)c1.[Ir]. The molecule has 0 fully saturated rings. The van der Waals surface area contributed by atoms with Crippen LogP contribution in [0.1, 0.15) is 71.1 Å². The molecule has 1 heterocycles. The molecule has 1 radical (unpaired) electrons. The number of aryl methyl sites for hydroxylation is 3. The first-order valence-corrected chi connectivity index (χ1v) is 13.6. The summed E-state index contributed by atoms with van der Waals surface area (Å²) in [6.45, 7) is 17.6. The molecule has 1 N–H and O–H groups in total. The number of carbonyl (C=O) groups excluding carboxylic acids is 1. The summed E-state index contributed by atoms with van der Waals surface area (Å²) in [6, 6.07) is 17.2. The first-order chi connectivity index (χ1) is 18.2. The van der Waals surface area contributed by atoms with Crippen molar-refractivity contribution in [3.63, 3.8) is 0 Å². The van der Waals surface area contributed by atoms with Crippen LogP contribution in [0.5, 0.6) is 0 Å². The third kappa shape index (κ3) is 7.25. The molecule has 5 heteroatoms. The molecule has 0 unspecified atom stereocenters. The number of aliphatic hydroxyl groups is 1. The summed E-state index contributed by atoms with van der Waals surface area (Å²) in [4.78, 5) is 16.4. The summed E-state index contributed by atoms with van der Waals surface area (Å²) in [5, 5.41) is 13.5. The van der Waals surface area contributed by atoms with E-state index in [4.69, 9.17) is 0 Å². The van der Waals surface area contributed by atoms with Gasteiger partial charge in [0.15, 0.2) is 5.78 Å². The zero-order chi connectivity index (χ0) is 29.1. The van der Waals surface area contributed by atoms with Gasteiger partial charge in [-0.3, -0.25) is 4.79 Å². The second kappa shape index (κ2) is 13.2. The topological polar surface area (TPSA) is 50.2 Å². The Balaban J connectivity index is 0.000000307. The summed E-state index contributed by atoms with van der Waals surface area (Å²) in [7, 11) is 0. The monoisotopic (exact) mass is 719 g/mol. The molecule has 0 bridgehead atoms. The van der Waals surface area contributed by atoms with E-state index in [-0.39, 0.29) is 48.3 Å². The average Bonchev–Trinajstić information content (AvgIpc) is 2.89. The van der Waals surface area contributed by atoms with Crippen molar-refractivity contribution in [2.75, 3.05) is 0 Å². The molecule has 0 spiro atoms. The molecule has 0 aliphatic carbocycles. The van der Waals surface area contributed by atoms with Crippen molar-refractivity contribution in [1.82, 2.24) is 4.98 Å². The molecule has 0 aliphatic rings. The van der Waals surface area contributed by atoms with Crippen molar-refractivity contribution in [3.05, 3.63) is 89.1 Å². The molecule has 0 aliphatic heterocycles. The van der Waals surface area contributed by atoms with Crippen molar-refractivity contribution in [3.8, 4) is 11.3 Å². The Labute approximate surface area is 252 Å². The van der Waals surface area contributed by atoms with Gasteiger partial charge >= 0.3 is 0 Å². The number of hydrogen-bond donors (Lipinski definition) is 1. The second-order valence-electron chi connectivity index (χ2n) is 11.7. The summed E-state index contributed by atoms with van der Waals surface area (Å²) in [5.74, 6) is 0.0475. The summed E-state index contributed by atoms with van der Waals surface area (Å²) in [5.41, 5.74) is 4.12. The number of halogens is 1. The predicted molar refractivity (Wildman–Crippen MR) is 162 cm³/mol. The molecular formula is C35H41FIrNO2-. The molecule has 0 atom stereocenters. The third-order valence-corrected chi connectivity index (χ3v) is 7.87. The van der Waals surface area contributed by atoms with E-state index in [1.807, 2.05) is 78.8 Å². The molecule has 0 amide bonds. The van der Waals surface area contributed by atoms with Crippen LogP contribution in [-0.4, -0.2) is 15.9 Å². The number of allylic oxidation sites excluding steroid dienone is 2. The molecule has 40 heavy (non-hydrogen) atoms. The Bertz CT molecular complexity index is 1530. The van der Waals surface area contributed by atoms with Crippen LogP contribution < -0.4 is 0 Å². The Morgan fingerprint density at radius 2 is 1.48 bits per heavy atom. The van der Waals surface area contributed by atoms with E-state index in [0.29, 0.717) is 10.9 Å². The number of benzene rings is 3. The van der Waals surface area contributed by atoms with E-state index in [1.54, 1.807) is 13.1 Å². The Kier molecular flexibility index (Phi) is 11.0. The quantitative estimate of drug-likeness (QED) is 0.0935. The zero-order valence-corrected chi connectivity index (χ0v) is 27.5. The standard InChI is InChI=1S/C22H17FN.C13H24O2.Ir/c1-13-10-14(2)12-16(11-13)22-20-7-6-19-17(18(20)8-9-24-22)5-4-15(3)21(19)23;1-7-12(3,4)10(14)9-11(15)13(5,6)8-2;/h4-11H,1-3H3;9,14H,7-8H2,1-6H3;/q-1;;/b;10-9-;. The fourth-order valence-corrected chi connectivity index (χ4v) is 4.25. The maximum atomic E-state index is 14.4. The van der Waals surface area contributed by atoms with Crippen LogP contribution in [0.2, 0.25) is 0 Å². The van der Waals surface area contributed by atoms with Crippen molar-refractivity contribution < 1.29 is 34.4 Å². The van der Waals surface area contributed by atoms with Gasteiger partial charge < -0.3 is 10.1 Å². The van der Waals surface area contributed by atoms with Gasteiger partial charge in [0.2, 0.25) is 0 Å². The van der Waals surface area contributed by atoms with Crippen molar-refractivity contribution in [1.29, 1.82) is 0 Å². The minimum Gasteiger partial charge on any atom is -0.512 e. The van der Waals surface area contributed by atoms with Crippen molar-refractivity contribution >= 4 is 27.3 Å². The predicted octanol–water partition coefficient (Wildman–Crippen LogP) is 9.79. The summed E-state index contributed by atoms with van der Waals surface area (Å²) < 4.78 is 14.4. The molecule has 3 aromatic carbocycles. The van der Waals surface area contributed by atoms with Crippen molar-refractivity contribution in [2.45, 2.75) is 75.2 Å². The van der Waals surface area contributed by atoms with E-state index in [9.17, 15) is 14.3 Å². The van der Waals surface area contributed by atoms with E-state index in [0.717, 1.165) is 45.8 Å². The Hall–Kier alpha value is -2.88. The maximum Gasteiger partial charge on any atom is 0.164 e. The number of pyridine rings is 1.